The number of hydrogen-bond acceptors (Lipinski definition) is 8. The molecular formula is C22H25BrN6O4S. The molecule has 0 spiro atoms. The minimum absolute atomic E-state index is 0.130. The summed E-state index contributed by atoms with van der Waals surface area (Å²) in [5, 5.41) is 10.2. The van der Waals surface area contributed by atoms with Gasteiger partial charge in [0.15, 0.2) is 33.6 Å². The Morgan fingerprint density at radius 3 is 2.82 bits per heavy atom. The topological polar surface area (TPSA) is 129 Å². The fourth-order valence-corrected chi connectivity index (χ4v) is 6.18. The second-order valence-electron chi connectivity index (χ2n) is 9.18. The minimum atomic E-state index is -0.854. The number of halogens is 1. The molecule has 10 nitrogen and oxygen atoms in total. The van der Waals surface area contributed by atoms with Gasteiger partial charge in [0.05, 0.1) is 0 Å². The molecule has 5 rings (SSSR count). The number of anilines is 1. The summed E-state index contributed by atoms with van der Waals surface area (Å²) in [6, 6.07) is 3.82. The molecule has 1 atom stereocenters. The van der Waals surface area contributed by atoms with Gasteiger partial charge in [0.25, 0.3) is 0 Å². The van der Waals surface area contributed by atoms with Gasteiger partial charge in [-0.3, -0.25) is 0 Å². The molecule has 2 aliphatic rings. The summed E-state index contributed by atoms with van der Waals surface area (Å²) in [5.41, 5.74) is 7.25. The van der Waals surface area contributed by atoms with Crippen molar-refractivity contribution in [3.8, 4) is 11.5 Å². The lowest BCUT2D eigenvalue weighted by molar-refractivity contribution is 0.0477. The zero-order valence-corrected chi connectivity index (χ0v) is 21.2. The van der Waals surface area contributed by atoms with E-state index in [-0.39, 0.29) is 12.2 Å². The molecule has 1 saturated heterocycles. The normalized spacial score (nSPS) is 19.0. The van der Waals surface area contributed by atoms with Crippen molar-refractivity contribution in [1.29, 1.82) is 0 Å². The number of ether oxygens (including phenoxy) is 2. The number of benzene rings is 1. The van der Waals surface area contributed by atoms with Crippen molar-refractivity contribution in [2.45, 2.75) is 43.3 Å². The van der Waals surface area contributed by atoms with Crippen LogP contribution < -0.4 is 15.2 Å². The second kappa shape index (κ2) is 8.81. The Morgan fingerprint density at radius 2 is 2.09 bits per heavy atom. The van der Waals surface area contributed by atoms with Gasteiger partial charge in [-0.15, -0.1) is 0 Å². The third kappa shape index (κ3) is 4.24. The highest BCUT2D eigenvalue weighted by Gasteiger charge is 2.37. The van der Waals surface area contributed by atoms with Gasteiger partial charge in [-0.2, -0.15) is 0 Å². The molecule has 3 N–H and O–H groups in total. The number of amides is 1. The first-order valence-corrected chi connectivity index (χ1v) is 12.6. The molecule has 0 saturated carbocycles. The summed E-state index contributed by atoms with van der Waals surface area (Å²) >= 11 is 5.12. The zero-order valence-electron chi connectivity index (χ0n) is 18.8. The molecule has 1 unspecified atom stereocenters. The van der Waals surface area contributed by atoms with E-state index < -0.39 is 6.09 Å². The Morgan fingerprint density at radius 1 is 1.32 bits per heavy atom. The van der Waals surface area contributed by atoms with Crippen LogP contribution in [0.2, 0.25) is 0 Å². The number of rotatable bonds is 5. The fraction of sp³-hybridized carbons (Fsp3) is 0.455. The molecule has 0 aliphatic carbocycles. The van der Waals surface area contributed by atoms with Crippen molar-refractivity contribution >= 4 is 50.8 Å². The van der Waals surface area contributed by atoms with Gasteiger partial charge in [-0.25, -0.2) is 19.7 Å². The molecule has 0 radical (unpaired) electrons. The number of nitrogens with two attached hydrogens (primary N) is 1. The summed E-state index contributed by atoms with van der Waals surface area (Å²) < 4.78 is 14.0. The van der Waals surface area contributed by atoms with E-state index in [0.29, 0.717) is 54.0 Å². The zero-order chi connectivity index (χ0) is 24.0. The summed E-state index contributed by atoms with van der Waals surface area (Å²) in [6.45, 7) is 6.24. The molecule has 1 aromatic carbocycles. The van der Waals surface area contributed by atoms with Gasteiger partial charge < -0.3 is 29.8 Å². The predicted octanol–water partition coefficient (Wildman–Crippen LogP) is 4.47. The molecular weight excluding hydrogens is 524 g/mol. The maximum absolute atomic E-state index is 11.5. The minimum Gasteiger partial charge on any atom is -0.465 e. The van der Waals surface area contributed by atoms with Crippen LogP contribution in [0.25, 0.3) is 11.2 Å². The van der Waals surface area contributed by atoms with E-state index >= 15 is 0 Å². The van der Waals surface area contributed by atoms with Crippen LogP contribution in [-0.2, 0) is 6.54 Å². The number of nitrogen functional groups attached to an aromatic ring is 1. The first-order chi connectivity index (χ1) is 16.2. The number of fused-ring (bicyclic) bond motifs is 2. The maximum atomic E-state index is 11.5. The third-order valence-corrected chi connectivity index (χ3v) is 8.55. The molecule has 2 aliphatic heterocycles. The Labute approximate surface area is 209 Å². The predicted molar refractivity (Wildman–Crippen MR) is 130 cm³/mol. The molecule has 4 heterocycles. The molecule has 1 fully saturated rings. The first-order valence-electron chi connectivity index (χ1n) is 10.9. The summed E-state index contributed by atoms with van der Waals surface area (Å²) in [6.07, 6.45) is 2.29. The smallest absolute Gasteiger partial charge is 0.407 e. The van der Waals surface area contributed by atoms with Crippen LogP contribution in [0.1, 0.15) is 26.7 Å². The van der Waals surface area contributed by atoms with Crippen LogP contribution in [-0.4, -0.2) is 55.5 Å². The number of aryl methyl sites for hydroxylation is 1. The largest absolute Gasteiger partial charge is 0.465 e. The van der Waals surface area contributed by atoms with E-state index in [1.807, 2.05) is 12.1 Å². The van der Waals surface area contributed by atoms with Crippen molar-refractivity contribution in [3.05, 3.63) is 22.9 Å². The summed E-state index contributed by atoms with van der Waals surface area (Å²) in [7, 11) is 0. The van der Waals surface area contributed by atoms with Gasteiger partial charge in [0.1, 0.15) is 6.33 Å². The Bertz CT molecular complexity index is 1270. The van der Waals surface area contributed by atoms with E-state index in [4.69, 9.17) is 20.2 Å². The van der Waals surface area contributed by atoms with Gasteiger partial charge in [-0.1, -0.05) is 25.6 Å². The summed E-state index contributed by atoms with van der Waals surface area (Å²) in [4.78, 5) is 27.2. The molecule has 2 aromatic heterocycles. The lowest BCUT2D eigenvalue weighted by atomic mass is 9.72. The van der Waals surface area contributed by atoms with Crippen LogP contribution >= 0.6 is 27.7 Å². The number of imidazole rings is 1. The van der Waals surface area contributed by atoms with Crippen molar-refractivity contribution in [1.82, 2.24) is 24.4 Å². The highest BCUT2D eigenvalue weighted by Crippen LogP contribution is 2.44. The number of likely N-dealkylation sites (tertiary alicyclic amines) is 1. The first kappa shape index (κ1) is 23.0. The molecule has 180 valence electrons. The average Bonchev–Trinajstić information content (AvgIpc) is 3.37. The quantitative estimate of drug-likeness (QED) is 0.474. The number of carbonyl (C=O) groups is 1. The molecule has 0 bridgehead atoms. The van der Waals surface area contributed by atoms with Crippen LogP contribution in [0.4, 0.5) is 10.6 Å². The fourth-order valence-electron chi connectivity index (χ4n) is 4.67. The standard InChI is InChI=1S/C22H25BrN6O4S/c1-22(2)9-28(21(30)31)5-3-12(22)4-6-29-19-17(18(24)25-10-26-19)27-20(29)34-16-8-15-14(7-13(16)23)32-11-33-15/h7-8,10,12H,3-6,9,11H2,1-2H3,(H,30,31)(H2,24,25,26). The maximum Gasteiger partial charge on any atom is 0.407 e. The summed E-state index contributed by atoms with van der Waals surface area (Å²) in [5.74, 6) is 2.09. The van der Waals surface area contributed by atoms with Crippen LogP contribution in [0.3, 0.4) is 0 Å². The molecule has 12 heteroatoms. The number of aromatic nitrogens is 4. The monoisotopic (exact) mass is 548 g/mol. The lowest BCUT2D eigenvalue weighted by Gasteiger charge is -2.43. The van der Waals surface area contributed by atoms with Crippen molar-refractivity contribution in [2.75, 3.05) is 25.6 Å². The number of nitrogens with zero attached hydrogens (tertiary/aromatic N) is 5. The van der Waals surface area contributed by atoms with Gasteiger partial charge in [0.2, 0.25) is 6.79 Å². The third-order valence-electron chi connectivity index (χ3n) is 6.58. The number of carboxylic acid groups (broad SMARTS) is 1. The SMILES string of the molecule is CC1(C)CN(C(=O)O)CCC1CCn1c(Sc2cc3c(cc2Br)OCO3)nc2c(N)ncnc21. The van der Waals surface area contributed by atoms with E-state index in [0.717, 1.165) is 27.4 Å². The second-order valence-corrected chi connectivity index (χ2v) is 11.0. The Balaban J connectivity index is 1.44. The van der Waals surface area contributed by atoms with Crippen molar-refractivity contribution in [2.24, 2.45) is 11.3 Å². The van der Waals surface area contributed by atoms with E-state index in [1.165, 1.54) is 23.0 Å². The van der Waals surface area contributed by atoms with Gasteiger partial charge in [-0.05, 0) is 52.2 Å². The Hall–Kier alpha value is -2.73. The van der Waals surface area contributed by atoms with Crippen LogP contribution in [0, 0.1) is 11.3 Å². The van der Waals surface area contributed by atoms with Crippen LogP contribution in [0.5, 0.6) is 11.5 Å². The van der Waals surface area contributed by atoms with Gasteiger partial charge in [0, 0.05) is 29.0 Å². The molecule has 34 heavy (non-hydrogen) atoms. The van der Waals surface area contributed by atoms with E-state index in [1.54, 1.807) is 0 Å². The molecule has 3 aromatic rings. The van der Waals surface area contributed by atoms with Crippen LogP contribution in [0.15, 0.2) is 33.0 Å². The van der Waals surface area contributed by atoms with Crippen molar-refractivity contribution in [3.63, 3.8) is 0 Å². The van der Waals surface area contributed by atoms with Crippen molar-refractivity contribution < 1.29 is 19.4 Å². The highest BCUT2D eigenvalue weighted by atomic mass is 79.9. The number of hydrogen-bond donors (Lipinski definition) is 2. The number of piperidine rings is 1. The van der Waals surface area contributed by atoms with E-state index in [2.05, 4.69) is 44.3 Å². The highest BCUT2D eigenvalue weighted by molar-refractivity contribution is 9.10. The molecule has 1 amide bonds. The average molecular weight is 549 g/mol. The Kier molecular flexibility index (Phi) is 5.96. The van der Waals surface area contributed by atoms with E-state index in [9.17, 15) is 9.90 Å². The lowest BCUT2D eigenvalue weighted by Crippen LogP contribution is -2.48. The van der Waals surface area contributed by atoms with Gasteiger partial charge >= 0.3 is 6.09 Å².